The second-order valence-electron chi connectivity index (χ2n) is 9.16. The topological polar surface area (TPSA) is 124 Å². The molecule has 40 heavy (non-hydrogen) atoms. The lowest BCUT2D eigenvalue weighted by Gasteiger charge is -2.14. The Bertz CT molecular complexity index is 1610. The fraction of sp³-hybridized carbons (Fsp3) is 0.200. The third kappa shape index (κ3) is 5.61. The molecule has 5 rings (SSSR count). The van der Waals surface area contributed by atoms with Gasteiger partial charge in [-0.15, -0.1) is 0 Å². The van der Waals surface area contributed by atoms with Gasteiger partial charge < -0.3 is 46.6 Å². The number of furan rings is 1. The molecule has 0 aliphatic carbocycles. The van der Waals surface area contributed by atoms with Crippen LogP contribution in [0.4, 0.5) is 5.69 Å². The Kier molecular flexibility index (Phi) is 8.67. The molecule has 4 N–H and O–H groups in total. The molecule has 1 amide bonds. The smallest absolute Gasteiger partial charge is 0.283 e. The minimum atomic E-state index is -0.584. The second-order valence-corrected chi connectivity index (χ2v) is 9.16. The van der Waals surface area contributed by atoms with Crippen molar-refractivity contribution in [1.82, 2.24) is 5.16 Å². The summed E-state index contributed by atoms with van der Waals surface area (Å²) in [5.41, 5.74) is 9.21. The molecule has 1 atom stereocenters. The number of halogens is 1. The first-order chi connectivity index (χ1) is 18.9. The Balaban J connectivity index is 0.00000370. The molecule has 9 nitrogen and oxygen atoms in total. The predicted octanol–water partition coefficient (Wildman–Crippen LogP) is 1.88. The summed E-state index contributed by atoms with van der Waals surface area (Å²) in [7, 11) is 4.75. The Morgan fingerprint density at radius 3 is 2.48 bits per heavy atom. The fourth-order valence-electron chi connectivity index (χ4n) is 4.62. The molecule has 0 radical (unpaired) electrons. The van der Waals surface area contributed by atoms with Crippen molar-refractivity contribution in [3.8, 4) is 39.6 Å². The molecule has 1 unspecified atom stereocenters. The molecule has 0 fully saturated rings. The average molecular weight is 564 g/mol. The van der Waals surface area contributed by atoms with Crippen molar-refractivity contribution in [1.29, 1.82) is 0 Å². The van der Waals surface area contributed by atoms with Gasteiger partial charge in [-0.1, -0.05) is 29.4 Å². The van der Waals surface area contributed by atoms with Gasteiger partial charge in [-0.25, -0.2) is 0 Å². The highest BCUT2D eigenvalue weighted by Gasteiger charge is 2.23. The lowest BCUT2D eigenvalue weighted by molar-refractivity contribution is -0.402. The number of hydrogen-bond donors (Lipinski definition) is 2. The molecule has 2 aromatic heterocycles. The van der Waals surface area contributed by atoms with Crippen LogP contribution in [0.25, 0.3) is 33.4 Å². The van der Waals surface area contributed by atoms with E-state index in [0.29, 0.717) is 40.8 Å². The van der Waals surface area contributed by atoms with Crippen molar-refractivity contribution < 1.29 is 46.1 Å². The average Bonchev–Trinajstić information content (AvgIpc) is 3.59. The van der Waals surface area contributed by atoms with E-state index in [1.807, 2.05) is 61.5 Å². The summed E-state index contributed by atoms with van der Waals surface area (Å²) in [6, 6.07) is 18.4. The maximum absolute atomic E-state index is 13.1. The summed E-state index contributed by atoms with van der Waals surface area (Å²) < 4.78 is 27.7. The summed E-state index contributed by atoms with van der Waals surface area (Å²) in [6.45, 7) is 1.94. The summed E-state index contributed by atoms with van der Waals surface area (Å²) in [5, 5.41) is 8.20. The highest BCUT2D eigenvalue weighted by molar-refractivity contribution is 5.96. The van der Waals surface area contributed by atoms with Crippen LogP contribution in [0.3, 0.4) is 0 Å². The number of nitrogens with one attached hydrogen (secondary N) is 1. The fourth-order valence-corrected chi connectivity index (χ4v) is 4.62. The van der Waals surface area contributed by atoms with Crippen molar-refractivity contribution in [2.45, 2.75) is 19.4 Å². The number of carbonyl (C=O) groups is 1. The zero-order chi connectivity index (χ0) is 27.5. The number of rotatable bonds is 9. The number of amides is 1. The van der Waals surface area contributed by atoms with Gasteiger partial charge in [-0.2, -0.15) is 0 Å². The molecule has 0 bridgehead atoms. The van der Waals surface area contributed by atoms with E-state index in [4.69, 9.17) is 23.2 Å². The minimum absolute atomic E-state index is 0. The lowest BCUT2D eigenvalue weighted by Crippen LogP contribution is -3.00. The first-order valence-corrected chi connectivity index (χ1v) is 12.4. The molecular weight excluding hydrogens is 534 g/mol. The summed E-state index contributed by atoms with van der Waals surface area (Å²) >= 11 is 0. The van der Waals surface area contributed by atoms with E-state index >= 15 is 0 Å². The number of fused-ring (bicyclic) bond motifs is 1. The maximum Gasteiger partial charge on any atom is 0.283 e. The molecule has 0 saturated heterocycles. The second kappa shape index (κ2) is 12.1. The van der Waals surface area contributed by atoms with Gasteiger partial charge in [-0.05, 0) is 54.4 Å². The third-order valence-corrected chi connectivity index (χ3v) is 6.57. The van der Waals surface area contributed by atoms with Crippen LogP contribution in [0.15, 0.2) is 75.9 Å². The van der Waals surface area contributed by atoms with Gasteiger partial charge in [0, 0.05) is 16.5 Å². The normalized spacial score (nSPS) is 11.5. The molecule has 208 valence electrons. The predicted molar refractivity (Wildman–Crippen MR) is 147 cm³/mol. The van der Waals surface area contributed by atoms with Crippen molar-refractivity contribution in [2.24, 2.45) is 0 Å². The van der Waals surface area contributed by atoms with E-state index in [2.05, 4.69) is 16.2 Å². The van der Waals surface area contributed by atoms with Gasteiger partial charge in [-0.3, -0.25) is 4.79 Å². The highest BCUT2D eigenvalue weighted by Crippen LogP contribution is 2.40. The van der Waals surface area contributed by atoms with E-state index in [1.165, 1.54) is 0 Å². The highest BCUT2D eigenvalue weighted by atomic mass is 35.5. The van der Waals surface area contributed by atoms with Crippen molar-refractivity contribution >= 4 is 22.6 Å². The first kappa shape index (κ1) is 28.5. The first-order valence-electron chi connectivity index (χ1n) is 12.4. The number of hydrogen-bond acceptors (Lipinski definition) is 7. The van der Waals surface area contributed by atoms with Crippen LogP contribution >= 0.6 is 0 Å². The third-order valence-electron chi connectivity index (χ3n) is 6.57. The number of para-hydroxylation sites is 1. The van der Waals surface area contributed by atoms with E-state index in [1.54, 1.807) is 33.7 Å². The molecule has 0 spiro atoms. The zero-order valence-electron chi connectivity index (χ0n) is 22.6. The summed E-state index contributed by atoms with van der Waals surface area (Å²) in [6.07, 6.45) is 1.93. The van der Waals surface area contributed by atoms with E-state index in [9.17, 15) is 4.79 Å². The Morgan fingerprint density at radius 2 is 1.75 bits per heavy atom. The number of benzene rings is 3. The van der Waals surface area contributed by atoms with Crippen LogP contribution in [-0.2, 0) is 11.2 Å². The molecule has 5 aromatic rings. The standard InChI is InChI=1S/C30H29N3O6.ClH/c1-17-11-20(14-27(36-3)29(17)37-4)28-22(16-38-33-28)18-9-10-26(35-2)24(13-18)32-30(34)23(31)15-21-12-19-7-5-6-8-25(19)39-21;/h5-14,16,23H,15,31H2,1-4H3,(H,32,34);1H. The van der Waals surface area contributed by atoms with Gasteiger partial charge in [0.1, 0.15) is 29.0 Å². The number of anilines is 1. The monoisotopic (exact) mass is 563 g/mol. The van der Waals surface area contributed by atoms with Gasteiger partial charge >= 0.3 is 0 Å². The van der Waals surface area contributed by atoms with Gasteiger partial charge in [0.15, 0.2) is 17.5 Å². The molecule has 10 heteroatoms. The van der Waals surface area contributed by atoms with Crippen LogP contribution in [-0.4, -0.2) is 38.4 Å². The molecular formula is C30H30ClN3O6. The van der Waals surface area contributed by atoms with Crippen LogP contribution in [0.2, 0.25) is 0 Å². The Labute approximate surface area is 237 Å². The van der Waals surface area contributed by atoms with Crippen LogP contribution < -0.4 is 37.7 Å². The van der Waals surface area contributed by atoms with Crippen LogP contribution in [0.1, 0.15) is 11.3 Å². The number of ether oxygens (including phenoxy) is 3. The van der Waals surface area contributed by atoms with E-state index < -0.39 is 6.04 Å². The Morgan fingerprint density at radius 1 is 0.975 bits per heavy atom. The lowest BCUT2D eigenvalue weighted by atomic mass is 9.99. The quantitative estimate of drug-likeness (QED) is 0.281. The zero-order valence-corrected chi connectivity index (χ0v) is 23.4. The molecule has 0 aliphatic rings. The molecule has 2 heterocycles. The summed E-state index contributed by atoms with van der Waals surface area (Å²) in [5.74, 6) is 2.21. The number of aryl methyl sites for hydroxylation is 1. The number of carbonyl (C=O) groups excluding carboxylic acids is 1. The molecule has 0 aliphatic heterocycles. The van der Waals surface area contributed by atoms with Crippen molar-refractivity contribution in [3.63, 3.8) is 0 Å². The van der Waals surface area contributed by atoms with E-state index in [-0.39, 0.29) is 18.3 Å². The van der Waals surface area contributed by atoms with Crippen molar-refractivity contribution in [3.05, 3.63) is 78.3 Å². The van der Waals surface area contributed by atoms with E-state index in [0.717, 1.165) is 33.2 Å². The summed E-state index contributed by atoms with van der Waals surface area (Å²) in [4.78, 5) is 13.1. The van der Waals surface area contributed by atoms with Crippen LogP contribution in [0, 0.1) is 6.92 Å². The van der Waals surface area contributed by atoms with Gasteiger partial charge in [0.05, 0.1) is 33.4 Å². The number of aromatic nitrogens is 1. The number of methoxy groups -OCH3 is 3. The van der Waals surface area contributed by atoms with Gasteiger partial charge in [0.25, 0.3) is 5.91 Å². The van der Waals surface area contributed by atoms with Crippen molar-refractivity contribution in [2.75, 3.05) is 26.6 Å². The maximum atomic E-state index is 13.1. The molecule has 3 aromatic carbocycles. The van der Waals surface area contributed by atoms with Crippen LogP contribution in [0.5, 0.6) is 17.2 Å². The van der Waals surface area contributed by atoms with Gasteiger partial charge in [0.2, 0.25) is 0 Å². The largest absolute Gasteiger partial charge is 1.00 e. The minimum Gasteiger partial charge on any atom is -1.00 e. The Hall–Kier alpha value is -4.47. The molecule has 0 saturated carbocycles. The number of quaternary nitrogens is 1. The SMILES string of the molecule is COc1ccc(-c2conc2-c2cc(C)c(OC)c(OC)c2)cc1NC(=O)C([NH3+])Cc1cc2ccccc2o1.[Cl-]. The number of nitrogens with zero attached hydrogens (tertiary/aromatic N) is 1.